The third kappa shape index (κ3) is 3.12. The maximum Gasteiger partial charge on any atom is 0.416 e. The highest BCUT2D eigenvalue weighted by atomic mass is 19.4. The van der Waals surface area contributed by atoms with E-state index in [4.69, 9.17) is 4.74 Å². The summed E-state index contributed by atoms with van der Waals surface area (Å²) in [4.78, 5) is 25.5. The highest BCUT2D eigenvalue weighted by Crippen LogP contribution is 2.39. The van der Waals surface area contributed by atoms with Gasteiger partial charge < -0.3 is 4.74 Å². The van der Waals surface area contributed by atoms with Gasteiger partial charge in [-0.05, 0) is 30.3 Å². The molecule has 0 radical (unpaired) electrons. The third-order valence-electron chi connectivity index (χ3n) is 3.69. The number of alkyl halides is 5. The second kappa shape index (κ2) is 6.40. The van der Waals surface area contributed by atoms with Crippen molar-refractivity contribution in [2.24, 2.45) is 0 Å². The first kappa shape index (κ1) is 17.8. The van der Waals surface area contributed by atoms with Crippen molar-refractivity contribution in [3.8, 4) is 5.75 Å². The maximum atomic E-state index is 13.0. The van der Waals surface area contributed by atoms with Crippen LogP contribution in [0.1, 0.15) is 26.3 Å². The fourth-order valence-corrected chi connectivity index (χ4v) is 2.55. The van der Waals surface area contributed by atoms with Gasteiger partial charge in [0, 0.05) is 0 Å². The van der Waals surface area contributed by atoms with E-state index in [1.807, 2.05) is 0 Å². The number of anilines is 1. The minimum atomic E-state index is -4.76. The van der Waals surface area contributed by atoms with Crippen molar-refractivity contribution in [3.63, 3.8) is 0 Å². The van der Waals surface area contributed by atoms with Gasteiger partial charge in [-0.15, -0.1) is 0 Å². The molecule has 0 N–H and O–H groups in total. The van der Waals surface area contributed by atoms with Crippen molar-refractivity contribution in [2.45, 2.75) is 12.6 Å². The van der Waals surface area contributed by atoms with Gasteiger partial charge in [0.15, 0.2) is 0 Å². The maximum absolute atomic E-state index is 13.0. The van der Waals surface area contributed by atoms with Crippen molar-refractivity contribution >= 4 is 17.5 Å². The smallest absolute Gasteiger partial charge is 0.416 e. The summed E-state index contributed by atoms with van der Waals surface area (Å²) < 4.78 is 68.7. The predicted molar refractivity (Wildman–Crippen MR) is 80.5 cm³/mol. The van der Waals surface area contributed by atoms with E-state index in [0.717, 1.165) is 6.07 Å². The lowest BCUT2D eigenvalue weighted by atomic mass is 10.1. The first-order valence-electron chi connectivity index (χ1n) is 7.30. The number of halogens is 5. The summed E-state index contributed by atoms with van der Waals surface area (Å²) in [5.74, 6) is -2.13. The summed E-state index contributed by atoms with van der Waals surface area (Å²) in [6.07, 6.45) is -7.64. The summed E-state index contributed by atoms with van der Waals surface area (Å²) in [7, 11) is 0. The number of carbonyl (C=O) groups is 2. The fraction of sp³-hybridized carbons (Fsp3) is 0.176. The Morgan fingerprint density at radius 2 is 1.54 bits per heavy atom. The molecule has 0 aliphatic carbocycles. The van der Waals surface area contributed by atoms with Crippen LogP contribution in [-0.2, 0) is 6.18 Å². The number of amides is 2. The summed E-state index contributed by atoms with van der Waals surface area (Å²) >= 11 is 0. The number of hydrogen-bond acceptors (Lipinski definition) is 3. The average molecular weight is 371 g/mol. The number of nitrogens with zero attached hydrogens (tertiary/aromatic N) is 1. The topological polar surface area (TPSA) is 46.6 Å². The Hall–Kier alpha value is -2.97. The van der Waals surface area contributed by atoms with E-state index < -0.39 is 48.0 Å². The van der Waals surface area contributed by atoms with Gasteiger partial charge in [-0.2, -0.15) is 13.2 Å². The minimum Gasteiger partial charge on any atom is -0.485 e. The second-order valence-corrected chi connectivity index (χ2v) is 5.37. The Morgan fingerprint density at radius 1 is 0.962 bits per heavy atom. The van der Waals surface area contributed by atoms with E-state index >= 15 is 0 Å². The Labute approximate surface area is 143 Å². The van der Waals surface area contributed by atoms with E-state index in [1.165, 1.54) is 24.3 Å². The molecule has 1 aliphatic heterocycles. The van der Waals surface area contributed by atoms with Crippen LogP contribution >= 0.6 is 0 Å². The zero-order valence-corrected chi connectivity index (χ0v) is 12.9. The quantitative estimate of drug-likeness (QED) is 0.599. The molecule has 2 aromatic carbocycles. The van der Waals surface area contributed by atoms with Gasteiger partial charge in [0.05, 0.1) is 22.4 Å². The number of ether oxygens (including phenoxy) is 1. The summed E-state index contributed by atoms with van der Waals surface area (Å²) in [6.45, 7) is -1.10. The van der Waals surface area contributed by atoms with Crippen LogP contribution in [0.25, 0.3) is 0 Å². The van der Waals surface area contributed by atoms with Crippen LogP contribution in [0.2, 0.25) is 0 Å². The average Bonchev–Trinajstić information content (AvgIpc) is 2.83. The molecule has 26 heavy (non-hydrogen) atoms. The highest BCUT2D eigenvalue weighted by molar-refractivity contribution is 6.34. The molecular formula is C17H10F5NO3. The molecule has 0 unspecified atom stereocenters. The molecule has 9 heteroatoms. The fourth-order valence-electron chi connectivity index (χ4n) is 2.55. The number of fused-ring (bicyclic) bond motifs is 1. The molecule has 1 heterocycles. The number of benzene rings is 2. The van der Waals surface area contributed by atoms with Gasteiger partial charge in [0.1, 0.15) is 12.4 Å². The van der Waals surface area contributed by atoms with Crippen LogP contribution in [0.15, 0.2) is 42.5 Å². The van der Waals surface area contributed by atoms with Crippen molar-refractivity contribution in [1.82, 2.24) is 0 Å². The number of carbonyl (C=O) groups excluding carboxylic acids is 2. The molecule has 0 fully saturated rings. The van der Waals surface area contributed by atoms with Gasteiger partial charge in [-0.1, -0.05) is 12.1 Å². The number of hydrogen-bond donors (Lipinski definition) is 0. The molecule has 136 valence electrons. The van der Waals surface area contributed by atoms with Gasteiger partial charge in [-0.3, -0.25) is 9.59 Å². The van der Waals surface area contributed by atoms with E-state index in [0.29, 0.717) is 17.0 Å². The van der Waals surface area contributed by atoms with Gasteiger partial charge >= 0.3 is 6.18 Å². The molecule has 0 saturated carbocycles. The standard InChI is InChI=1S/C17H10F5NO3/c18-14(19)8-26-13-6-5-9(17(20,21)22)7-12(13)23-15(24)10-3-1-2-4-11(10)16(23)25/h1-7,14H,8H2. The molecule has 3 rings (SSSR count). The van der Waals surface area contributed by atoms with Crippen LogP contribution in [0.4, 0.5) is 27.6 Å². The van der Waals surface area contributed by atoms with Gasteiger partial charge in [0.2, 0.25) is 0 Å². The largest absolute Gasteiger partial charge is 0.485 e. The lowest BCUT2D eigenvalue weighted by Gasteiger charge is -2.20. The molecule has 0 spiro atoms. The molecule has 4 nitrogen and oxygen atoms in total. The van der Waals surface area contributed by atoms with Gasteiger partial charge in [0.25, 0.3) is 18.2 Å². The lowest BCUT2D eigenvalue weighted by molar-refractivity contribution is -0.137. The molecule has 2 aromatic rings. The van der Waals surface area contributed by atoms with Crippen molar-refractivity contribution in [1.29, 1.82) is 0 Å². The van der Waals surface area contributed by atoms with Crippen molar-refractivity contribution in [3.05, 3.63) is 59.2 Å². The normalized spacial score (nSPS) is 14.2. The first-order valence-corrected chi connectivity index (χ1v) is 7.30. The number of rotatable bonds is 4. The molecule has 0 atom stereocenters. The summed E-state index contributed by atoms with van der Waals surface area (Å²) in [5, 5.41) is 0. The van der Waals surface area contributed by atoms with E-state index in [1.54, 1.807) is 0 Å². The molecule has 0 bridgehead atoms. The minimum absolute atomic E-state index is 0.00900. The monoisotopic (exact) mass is 371 g/mol. The SMILES string of the molecule is O=C1c2ccccc2C(=O)N1c1cc(C(F)(F)F)ccc1OCC(F)F. The summed E-state index contributed by atoms with van der Waals surface area (Å²) in [5.41, 5.74) is -1.66. The Morgan fingerprint density at radius 3 is 2.04 bits per heavy atom. The Bertz CT molecular complexity index is 844. The second-order valence-electron chi connectivity index (χ2n) is 5.37. The lowest BCUT2D eigenvalue weighted by Crippen LogP contribution is -2.30. The van der Waals surface area contributed by atoms with E-state index in [9.17, 15) is 31.5 Å². The molecule has 0 aromatic heterocycles. The number of imide groups is 1. The Balaban J connectivity index is 2.10. The van der Waals surface area contributed by atoms with Crippen LogP contribution < -0.4 is 9.64 Å². The molecule has 0 saturated heterocycles. The van der Waals surface area contributed by atoms with E-state index in [2.05, 4.69) is 0 Å². The van der Waals surface area contributed by atoms with Gasteiger partial charge in [-0.25, -0.2) is 13.7 Å². The Kier molecular flexibility index (Phi) is 4.39. The molecular weight excluding hydrogens is 361 g/mol. The van der Waals surface area contributed by atoms with Crippen molar-refractivity contribution < 1.29 is 36.3 Å². The van der Waals surface area contributed by atoms with Crippen LogP contribution in [-0.4, -0.2) is 24.8 Å². The van der Waals surface area contributed by atoms with Crippen molar-refractivity contribution in [2.75, 3.05) is 11.5 Å². The van der Waals surface area contributed by atoms with E-state index in [-0.39, 0.29) is 11.1 Å². The molecule has 2 amide bonds. The molecule has 1 aliphatic rings. The highest BCUT2D eigenvalue weighted by Gasteiger charge is 2.39. The third-order valence-corrected chi connectivity index (χ3v) is 3.69. The summed E-state index contributed by atoms with van der Waals surface area (Å²) in [6, 6.07) is 7.66. The first-order chi connectivity index (χ1) is 12.2. The van der Waals surface area contributed by atoms with Crippen LogP contribution in [0.5, 0.6) is 5.75 Å². The van der Waals surface area contributed by atoms with Crippen LogP contribution in [0.3, 0.4) is 0 Å². The zero-order chi connectivity index (χ0) is 19.1. The predicted octanol–water partition coefficient (Wildman–Crippen LogP) is 4.15. The zero-order valence-electron chi connectivity index (χ0n) is 12.9. The van der Waals surface area contributed by atoms with Crippen LogP contribution in [0, 0.1) is 0 Å².